The molecule has 17 heavy (non-hydrogen) atoms. The van der Waals surface area contributed by atoms with Crippen LogP contribution in [0.3, 0.4) is 0 Å². The minimum atomic E-state index is 0.475. The van der Waals surface area contributed by atoms with E-state index in [0.717, 1.165) is 0 Å². The van der Waals surface area contributed by atoms with Crippen molar-refractivity contribution in [1.29, 1.82) is 0 Å². The summed E-state index contributed by atoms with van der Waals surface area (Å²) < 4.78 is 0. The summed E-state index contributed by atoms with van der Waals surface area (Å²) in [5, 5.41) is 0. The van der Waals surface area contributed by atoms with Crippen LogP contribution in [-0.4, -0.2) is 4.98 Å². The van der Waals surface area contributed by atoms with Crippen LogP contribution in [0.4, 0.5) is 0 Å². The third kappa shape index (κ3) is 4.14. The Morgan fingerprint density at radius 1 is 1.18 bits per heavy atom. The minimum absolute atomic E-state index is 0.475. The highest BCUT2D eigenvalue weighted by Gasteiger charge is 2.31. The first-order valence-electron chi connectivity index (χ1n) is 7.07. The van der Waals surface area contributed by atoms with E-state index in [2.05, 4.69) is 31.8 Å². The van der Waals surface area contributed by atoms with Gasteiger partial charge in [0.05, 0.1) is 0 Å². The van der Waals surface area contributed by atoms with Gasteiger partial charge in [-0.15, -0.1) is 0 Å². The Bertz CT molecular complexity index is 330. The smallest absolute Gasteiger partial charge is 0.0441 e. The molecule has 98 valence electrons. The van der Waals surface area contributed by atoms with Crippen LogP contribution in [0.15, 0.2) is 12.3 Å². The van der Waals surface area contributed by atoms with Crippen molar-refractivity contribution in [2.24, 2.45) is 5.41 Å². The Balaban J connectivity index is 0.000000581. The Morgan fingerprint density at radius 3 is 2.29 bits per heavy atom. The summed E-state index contributed by atoms with van der Waals surface area (Å²) in [7, 11) is 0. The average Bonchev–Trinajstić information content (AvgIpc) is 2.71. The monoisotopic (exact) mass is 235 g/mol. The summed E-state index contributed by atoms with van der Waals surface area (Å²) in [5.74, 6) is 0. The summed E-state index contributed by atoms with van der Waals surface area (Å²) in [6, 6.07) is 2.29. The average molecular weight is 235 g/mol. The SMILES string of the molecule is CC.CC.CCC1(C)Cc2cc(C)cnc2C1. The van der Waals surface area contributed by atoms with Crippen LogP contribution in [-0.2, 0) is 12.8 Å². The highest BCUT2D eigenvalue weighted by Crippen LogP contribution is 2.38. The molecule has 0 aromatic carbocycles. The lowest BCUT2D eigenvalue weighted by Gasteiger charge is -2.19. The third-order valence-corrected chi connectivity index (χ3v) is 3.26. The van der Waals surface area contributed by atoms with Crippen LogP contribution in [0.25, 0.3) is 0 Å². The number of aromatic nitrogens is 1. The number of nitrogens with zero attached hydrogens (tertiary/aromatic N) is 1. The Hall–Kier alpha value is -0.850. The first kappa shape index (κ1) is 16.1. The molecule has 1 aromatic heterocycles. The van der Waals surface area contributed by atoms with E-state index in [-0.39, 0.29) is 0 Å². The molecule has 1 unspecified atom stereocenters. The first-order valence-corrected chi connectivity index (χ1v) is 7.07. The molecule has 2 rings (SSSR count). The van der Waals surface area contributed by atoms with E-state index in [1.54, 1.807) is 0 Å². The molecule has 1 atom stereocenters. The van der Waals surface area contributed by atoms with Gasteiger partial charge in [0.1, 0.15) is 0 Å². The lowest BCUT2D eigenvalue weighted by Crippen LogP contribution is -2.14. The van der Waals surface area contributed by atoms with Crippen molar-refractivity contribution < 1.29 is 0 Å². The molecule has 1 heteroatoms. The van der Waals surface area contributed by atoms with E-state index in [9.17, 15) is 0 Å². The van der Waals surface area contributed by atoms with Crippen molar-refractivity contribution in [2.45, 2.75) is 67.7 Å². The summed E-state index contributed by atoms with van der Waals surface area (Å²) in [4.78, 5) is 4.50. The minimum Gasteiger partial charge on any atom is -0.261 e. The fourth-order valence-corrected chi connectivity index (χ4v) is 2.15. The van der Waals surface area contributed by atoms with E-state index in [0.29, 0.717) is 5.41 Å². The van der Waals surface area contributed by atoms with Gasteiger partial charge >= 0.3 is 0 Å². The van der Waals surface area contributed by atoms with Gasteiger partial charge in [0.15, 0.2) is 0 Å². The predicted molar refractivity (Wildman–Crippen MR) is 77.5 cm³/mol. The van der Waals surface area contributed by atoms with E-state index in [4.69, 9.17) is 0 Å². The highest BCUT2D eigenvalue weighted by atomic mass is 14.7. The van der Waals surface area contributed by atoms with Crippen LogP contribution < -0.4 is 0 Å². The number of hydrogen-bond donors (Lipinski definition) is 0. The molecule has 0 spiro atoms. The number of aryl methyl sites for hydroxylation is 1. The summed E-state index contributed by atoms with van der Waals surface area (Å²) in [6.45, 7) is 14.8. The van der Waals surface area contributed by atoms with E-state index in [1.807, 2.05) is 33.9 Å². The maximum Gasteiger partial charge on any atom is 0.0441 e. The van der Waals surface area contributed by atoms with Crippen molar-refractivity contribution in [3.8, 4) is 0 Å². The predicted octanol–water partition coefficient (Wildman–Crippen LogP) is 4.96. The molecule has 0 N–H and O–H groups in total. The Labute approximate surface area is 108 Å². The molecule has 0 saturated carbocycles. The van der Waals surface area contributed by atoms with Crippen LogP contribution in [0.1, 0.15) is 64.8 Å². The molecule has 1 nitrogen and oxygen atoms in total. The second-order valence-corrected chi connectivity index (χ2v) is 4.64. The van der Waals surface area contributed by atoms with Crippen molar-refractivity contribution in [2.75, 3.05) is 0 Å². The zero-order valence-electron chi connectivity index (χ0n) is 12.7. The second kappa shape index (κ2) is 7.47. The normalized spacial score (nSPS) is 20.6. The van der Waals surface area contributed by atoms with Gasteiger partial charge < -0.3 is 0 Å². The molecule has 1 aliphatic rings. The van der Waals surface area contributed by atoms with Crippen LogP contribution in [0.2, 0.25) is 0 Å². The summed E-state index contributed by atoms with van der Waals surface area (Å²) in [6.07, 6.45) is 5.62. The van der Waals surface area contributed by atoms with Gasteiger partial charge in [0, 0.05) is 11.9 Å². The molecule has 0 radical (unpaired) electrons. The van der Waals surface area contributed by atoms with Gasteiger partial charge in [-0.25, -0.2) is 0 Å². The second-order valence-electron chi connectivity index (χ2n) is 4.64. The quantitative estimate of drug-likeness (QED) is 0.670. The third-order valence-electron chi connectivity index (χ3n) is 3.26. The molecule has 1 aromatic rings. The number of hydrogen-bond acceptors (Lipinski definition) is 1. The largest absolute Gasteiger partial charge is 0.261 e. The Kier molecular flexibility index (Phi) is 7.10. The molecular formula is C16H29N. The van der Waals surface area contributed by atoms with E-state index < -0.39 is 0 Å². The number of pyridine rings is 1. The van der Waals surface area contributed by atoms with Gasteiger partial charge in [-0.1, -0.05) is 54.0 Å². The van der Waals surface area contributed by atoms with Gasteiger partial charge in [0.2, 0.25) is 0 Å². The fourth-order valence-electron chi connectivity index (χ4n) is 2.15. The molecule has 0 aliphatic heterocycles. The molecule has 0 saturated heterocycles. The standard InChI is InChI=1S/C12H17N.2C2H6/c1-4-12(3)6-10-5-9(2)8-13-11(10)7-12;2*1-2/h5,8H,4,6-7H2,1-3H3;2*1-2H3. The molecule has 0 fully saturated rings. The first-order chi connectivity index (χ1) is 8.13. The van der Waals surface area contributed by atoms with Gasteiger partial charge in [-0.05, 0) is 36.3 Å². The molecular weight excluding hydrogens is 206 g/mol. The van der Waals surface area contributed by atoms with Crippen LogP contribution >= 0.6 is 0 Å². The summed E-state index contributed by atoms with van der Waals surface area (Å²) >= 11 is 0. The van der Waals surface area contributed by atoms with Crippen LogP contribution in [0, 0.1) is 12.3 Å². The highest BCUT2D eigenvalue weighted by molar-refractivity contribution is 5.31. The Morgan fingerprint density at radius 2 is 1.76 bits per heavy atom. The number of fused-ring (bicyclic) bond motifs is 1. The van der Waals surface area contributed by atoms with Gasteiger partial charge in [-0.3, -0.25) is 4.98 Å². The lowest BCUT2D eigenvalue weighted by atomic mass is 9.85. The van der Waals surface area contributed by atoms with Crippen molar-refractivity contribution in [1.82, 2.24) is 4.98 Å². The zero-order chi connectivity index (χ0) is 13.5. The summed E-state index contributed by atoms with van der Waals surface area (Å²) in [5.41, 5.74) is 4.57. The zero-order valence-corrected chi connectivity index (χ0v) is 12.7. The van der Waals surface area contributed by atoms with Gasteiger partial charge in [0.25, 0.3) is 0 Å². The molecule has 1 aliphatic carbocycles. The van der Waals surface area contributed by atoms with Gasteiger partial charge in [-0.2, -0.15) is 0 Å². The maximum atomic E-state index is 4.50. The molecule has 0 amide bonds. The molecule has 1 heterocycles. The maximum absolute atomic E-state index is 4.50. The fraction of sp³-hybridized carbons (Fsp3) is 0.688. The van der Waals surface area contributed by atoms with E-state index in [1.165, 1.54) is 36.1 Å². The topological polar surface area (TPSA) is 12.9 Å². The van der Waals surface area contributed by atoms with E-state index >= 15 is 0 Å². The van der Waals surface area contributed by atoms with Crippen molar-refractivity contribution in [3.05, 3.63) is 29.1 Å². The van der Waals surface area contributed by atoms with Crippen LogP contribution in [0.5, 0.6) is 0 Å². The van der Waals surface area contributed by atoms with Crippen molar-refractivity contribution >= 4 is 0 Å². The molecule has 0 bridgehead atoms. The van der Waals surface area contributed by atoms with Crippen molar-refractivity contribution in [3.63, 3.8) is 0 Å². The number of rotatable bonds is 1. The lowest BCUT2D eigenvalue weighted by molar-refractivity contribution is 0.331.